The molecule has 3 atom stereocenters. The number of carboxylic acids is 1. The number of aliphatic carboxylic acids is 1. The second-order valence-corrected chi connectivity index (χ2v) is 7.72. The van der Waals surface area contributed by atoms with Crippen LogP contribution in [0.2, 0.25) is 0 Å². The Kier molecular flexibility index (Phi) is 5.30. The van der Waals surface area contributed by atoms with Crippen molar-refractivity contribution in [3.63, 3.8) is 0 Å². The minimum absolute atomic E-state index is 0.190. The first-order valence-electron chi connectivity index (χ1n) is 9.26. The number of imide groups is 1. The lowest BCUT2D eigenvalue weighted by Gasteiger charge is -2.39. The number of carboxylic acid groups (broad SMARTS) is 1. The van der Waals surface area contributed by atoms with Gasteiger partial charge in [-0.15, -0.1) is 0 Å². The molecule has 7 nitrogen and oxygen atoms in total. The smallest absolute Gasteiger partial charge is 0.308 e. The minimum atomic E-state index is -0.878. The van der Waals surface area contributed by atoms with Crippen LogP contribution in [0.3, 0.4) is 0 Å². The number of hydrogen-bond donors (Lipinski definition) is 3. The van der Waals surface area contributed by atoms with E-state index in [1.807, 2.05) is 0 Å². The summed E-state index contributed by atoms with van der Waals surface area (Å²) in [6.07, 6.45) is 3.58. The molecule has 3 N–H and O–H groups in total. The van der Waals surface area contributed by atoms with Gasteiger partial charge in [0.15, 0.2) is 0 Å². The molecule has 3 rings (SSSR count). The van der Waals surface area contributed by atoms with Crippen LogP contribution < -0.4 is 10.6 Å². The Labute approximate surface area is 157 Å². The van der Waals surface area contributed by atoms with Gasteiger partial charge < -0.3 is 10.4 Å². The van der Waals surface area contributed by atoms with Gasteiger partial charge in [-0.25, -0.2) is 0 Å². The maximum absolute atomic E-state index is 12.6. The zero-order valence-corrected chi connectivity index (χ0v) is 15.3. The maximum atomic E-state index is 12.6. The number of hydrogen-bond acceptors (Lipinski definition) is 4. The van der Waals surface area contributed by atoms with Crippen molar-refractivity contribution < 1.29 is 24.3 Å². The molecule has 1 saturated heterocycles. The van der Waals surface area contributed by atoms with Crippen molar-refractivity contribution in [3.05, 3.63) is 35.4 Å². The average molecular weight is 372 g/mol. The van der Waals surface area contributed by atoms with E-state index >= 15 is 0 Å². The Bertz CT molecular complexity index is 773. The summed E-state index contributed by atoms with van der Waals surface area (Å²) in [6, 6.07) is 6.87. The van der Waals surface area contributed by atoms with Crippen LogP contribution in [0.25, 0.3) is 0 Å². The van der Waals surface area contributed by atoms with Crippen LogP contribution in [0.4, 0.5) is 0 Å². The van der Waals surface area contributed by atoms with Crippen LogP contribution in [-0.4, -0.2) is 34.3 Å². The van der Waals surface area contributed by atoms with Crippen LogP contribution in [0.1, 0.15) is 54.9 Å². The molecule has 27 heavy (non-hydrogen) atoms. The van der Waals surface area contributed by atoms with Gasteiger partial charge in [-0.05, 0) is 43.9 Å². The fourth-order valence-electron chi connectivity index (χ4n) is 4.06. The number of benzene rings is 1. The summed E-state index contributed by atoms with van der Waals surface area (Å²) in [5.41, 5.74) is 0.553. The number of amides is 3. The molecule has 1 aromatic carbocycles. The van der Waals surface area contributed by atoms with Gasteiger partial charge in [0.2, 0.25) is 11.8 Å². The van der Waals surface area contributed by atoms with E-state index in [0.717, 1.165) is 18.4 Å². The van der Waals surface area contributed by atoms with Crippen molar-refractivity contribution in [2.45, 2.75) is 51.0 Å². The highest BCUT2D eigenvalue weighted by Crippen LogP contribution is 2.34. The Morgan fingerprint density at radius 1 is 1.22 bits per heavy atom. The lowest BCUT2D eigenvalue weighted by Crippen LogP contribution is -2.55. The standard InChI is InChI=1S/C20H24N2O5/c1-20(9-3-2-4-15(20)19(26)27)22-18(25)13-7-5-12(6-8-13)10-14-11-16(23)21-17(14)24/h5-8,14-15H,2-4,9-11H2,1H3,(H,22,25)(H,26,27)(H,21,23,24). The van der Waals surface area contributed by atoms with Crippen LogP contribution in [-0.2, 0) is 20.8 Å². The molecule has 1 heterocycles. The van der Waals surface area contributed by atoms with Gasteiger partial charge in [-0.2, -0.15) is 0 Å². The summed E-state index contributed by atoms with van der Waals surface area (Å²) in [7, 11) is 0. The quantitative estimate of drug-likeness (QED) is 0.681. The molecule has 2 fully saturated rings. The Hall–Kier alpha value is -2.70. The Morgan fingerprint density at radius 2 is 1.93 bits per heavy atom. The molecular weight excluding hydrogens is 348 g/mol. The summed E-state index contributed by atoms with van der Waals surface area (Å²) in [6.45, 7) is 1.80. The maximum Gasteiger partial charge on any atom is 0.308 e. The average Bonchev–Trinajstić information content (AvgIpc) is 2.92. The molecule has 0 bridgehead atoms. The second kappa shape index (κ2) is 7.50. The van der Waals surface area contributed by atoms with E-state index in [1.54, 1.807) is 31.2 Å². The Morgan fingerprint density at radius 3 is 2.52 bits per heavy atom. The van der Waals surface area contributed by atoms with Gasteiger partial charge >= 0.3 is 5.97 Å². The highest BCUT2D eigenvalue weighted by atomic mass is 16.4. The molecule has 1 aromatic rings. The molecule has 7 heteroatoms. The predicted octanol–water partition coefficient (Wildman–Crippen LogP) is 1.66. The third kappa shape index (κ3) is 4.18. The molecule has 0 aromatic heterocycles. The first kappa shape index (κ1) is 19.1. The highest BCUT2D eigenvalue weighted by molar-refractivity contribution is 6.03. The number of rotatable bonds is 5. The van der Waals surface area contributed by atoms with Gasteiger partial charge in [0.25, 0.3) is 5.91 Å². The molecule has 3 amide bonds. The van der Waals surface area contributed by atoms with E-state index in [2.05, 4.69) is 10.6 Å². The van der Waals surface area contributed by atoms with Gasteiger partial charge in [-0.1, -0.05) is 25.0 Å². The van der Waals surface area contributed by atoms with Crippen LogP contribution in [0.15, 0.2) is 24.3 Å². The lowest BCUT2D eigenvalue weighted by molar-refractivity contribution is -0.145. The monoisotopic (exact) mass is 372 g/mol. The van der Waals surface area contributed by atoms with Crippen molar-refractivity contribution in [2.24, 2.45) is 11.8 Å². The molecule has 1 aliphatic heterocycles. The molecule has 2 aliphatic rings. The van der Waals surface area contributed by atoms with Crippen LogP contribution in [0.5, 0.6) is 0 Å². The second-order valence-electron chi connectivity index (χ2n) is 7.72. The molecule has 144 valence electrons. The first-order valence-corrected chi connectivity index (χ1v) is 9.26. The number of carbonyl (C=O) groups excluding carboxylic acids is 3. The van der Waals surface area contributed by atoms with Crippen LogP contribution >= 0.6 is 0 Å². The van der Waals surface area contributed by atoms with E-state index in [-0.39, 0.29) is 30.1 Å². The largest absolute Gasteiger partial charge is 0.481 e. The summed E-state index contributed by atoms with van der Waals surface area (Å²) in [4.78, 5) is 47.1. The number of carbonyl (C=O) groups is 4. The highest BCUT2D eigenvalue weighted by Gasteiger charge is 2.42. The van der Waals surface area contributed by atoms with Gasteiger partial charge in [-0.3, -0.25) is 24.5 Å². The van der Waals surface area contributed by atoms with Crippen molar-refractivity contribution in [1.82, 2.24) is 10.6 Å². The van der Waals surface area contributed by atoms with E-state index in [0.29, 0.717) is 24.8 Å². The summed E-state index contributed by atoms with van der Waals surface area (Å²) in [5, 5.41) is 14.7. The fraction of sp³-hybridized carbons (Fsp3) is 0.500. The van der Waals surface area contributed by atoms with Crippen molar-refractivity contribution in [2.75, 3.05) is 0 Å². The van der Waals surface area contributed by atoms with E-state index < -0.39 is 17.4 Å². The molecular formula is C20H24N2O5. The SMILES string of the molecule is CC1(NC(=O)c2ccc(CC3CC(=O)NC3=O)cc2)CCCCC1C(=O)O. The number of nitrogens with one attached hydrogen (secondary N) is 2. The fourth-order valence-corrected chi connectivity index (χ4v) is 4.06. The summed E-state index contributed by atoms with van der Waals surface area (Å²) < 4.78 is 0. The van der Waals surface area contributed by atoms with Crippen molar-refractivity contribution >= 4 is 23.7 Å². The normalized spacial score (nSPS) is 27.9. The van der Waals surface area contributed by atoms with Crippen molar-refractivity contribution in [3.8, 4) is 0 Å². The molecule has 1 aliphatic carbocycles. The van der Waals surface area contributed by atoms with Gasteiger partial charge in [0.1, 0.15) is 0 Å². The zero-order chi connectivity index (χ0) is 19.6. The zero-order valence-electron chi connectivity index (χ0n) is 15.3. The minimum Gasteiger partial charge on any atom is -0.481 e. The molecule has 0 spiro atoms. The molecule has 1 saturated carbocycles. The van der Waals surface area contributed by atoms with Crippen LogP contribution in [0, 0.1) is 11.8 Å². The molecule has 3 unspecified atom stereocenters. The first-order chi connectivity index (χ1) is 12.8. The Balaban J connectivity index is 1.66. The topological polar surface area (TPSA) is 113 Å². The van der Waals surface area contributed by atoms with Crippen molar-refractivity contribution in [1.29, 1.82) is 0 Å². The van der Waals surface area contributed by atoms with E-state index in [1.165, 1.54) is 0 Å². The summed E-state index contributed by atoms with van der Waals surface area (Å²) in [5.74, 6) is -2.65. The van der Waals surface area contributed by atoms with E-state index in [4.69, 9.17) is 0 Å². The lowest BCUT2D eigenvalue weighted by atomic mass is 9.73. The third-order valence-corrected chi connectivity index (χ3v) is 5.67. The molecule has 0 radical (unpaired) electrons. The third-order valence-electron chi connectivity index (χ3n) is 5.67. The predicted molar refractivity (Wildman–Crippen MR) is 96.9 cm³/mol. The van der Waals surface area contributed by atoms with E-state index in [9.17, 15) is 24.3 Å². The van der Waals surface area contributed by atoms with Gasteiger partial charge in [0, 0.05) is 12.0 Å². The van der Waals surface area contributed by atoms with Gasteiger partial charge in [0.05, 0.1) is 17.4 Å². The summed E-state index contributed by atoms with van der Waals surface area (Å²) >= 11 is 0.